The van der Waals surface area contributed by atoms with Crippen LogP contribution in [0.25, 0.3) is 11.0 Å². The number of hydrogen-bond donors (Lipinski definition) is 2. The lowest BCUT2D eigenvalue weighted by atomic mass is 9.90. The standard InChI is InChI=1S/C12H15N5O2/c1-7-2-8(12(18)19)5-17(4-7)11-9-3-15-16-10(9)13-6-14-11/h3,6-8H,2,4-5H2,1H3,(H,18,19)(H,13,14,15,16). The number of nitrogens with one attached hydrogen (secondary N) is 1. The lowest BCUT2D eigenvalue weighted by Gasteiger charge is -2.35. The molecule has 3 rings (SSSR count). The third-order valence-electron chi connectivity index (χ3n) is 3.54. The maximum absolute atomic E-state index is 11.2. The number of piperidine rings is 1. The summed E-state index contributed by atoms with van der Waals surface area (Å²) in [6.07, 6.45) is 3.87. The van der Waals surface area contributed by atoms with Crippen LogP contribution in [0.3, 0.4) is 0 Å². The molecule has 0 spiro atoms. The predicted molar refractivity (Wildman–Crippen MR) is 68.8 cm³/mol. The van der Waals surface area contributed by atoms with Gasteiger partial charge in [0.05, 0.1) is 17.5 Å². The fourth-order valence-corrected chi connectivity index (χ4v) is 2.71. The molecule has 2 aromatic rings. The molecule has 1 saturated heterocycles. The minimum absolute atomic E-state index is 0.326. The summed E-state index contributed by atoms with van der Waals surface area (Å²) in [5.41, 5.74) is 0.676. The Bertz CT molecular complexity index is 611. The highest BCUT2D eigenvalue weighted by molar-refractivity contribution is 5.86. The Hall–Kier alpha value is -2.18. The number of nitrogens with zero attached hydrogens (tertiary/aromatic N) is 4. The van der Waals surface area contributed by atoms with Crippen LogP contribution in [-0.2, 0) is 4.79 Å². The number of aliphatic carboxylic acids is 1. The Morgan fingerprint density at radius 1 is 1.47 bits per heavy atom. The normalized spacial score (nSPS) is 23.7. The van der Waals surface area contributed by atoms with E-state index in [0.717, 1.165) is 17.7 Å². The number of aromatic nitrogens is 4. The van der Waals surface area contributed by atoms with E-state index < -0.39 is 5.97 Å². The van der Waals surface area contributed by atoms with Crippen LogP contribution in [0.4, 0.5) is 5.82 Å². The fraction of sp³-hybridized carbons (Fsp3) is 0.500. The van der Waals surface area contributed by atoms with Gasteiger partial charge in [0.15, 0.2) is 5.65 Å². The minimum atomic E-state index is -0.742. The van der Waals surface area contributed by atoms with Gasteiger partial charge in [0.1, 0.15) is 12.1 Å². The van der Waals surface area contributed by atoms with E-state index in [1.165, 1.54) is 6.33 Å². The molecular formula is C12H15N5O2. The number of H-pyrrole nitrogens is 1. The van der Waals surface area contributed by atoms with Crippen molar-refractivity contribution in [3.63, 3.8) is 0 Å². The highest BCUT2D eigenvalue weighted by atomic mass is 16.4. The van der Waals surface area contributed by atoms with Crippen molar-refractivity contribution in [3.05, 3.63) is 12.5 Å². The number of fused-ring (bicyclic) bond motifs is 1. The molecule has 2 atom stereocenters. The third kappa shape index (κ3) is 2.11. The third-order valence-corrected chi connectivity index (χ3v) is 3.54. The molecule has 0 radical (unpaired) electrons. The summed E-state index contributed by atoms with van der Waals surface area (Å²) in [6, 6.07) is 0. The quantitative estimate of drug-likeness (QED) is 0.834. The van der Waals surface area contributed by atoms with Gasteiger partial charge in [-0.1, -0.05) is 6.92 Å². The second kappa shape index (κ2) is 4.49. The Kier molecular flexibility index (Phi) is 2.81. The smallest absolute Gasteiger partial charge is 0.308 e. The zero-order chi connectivity index (χ0) is 13.4. The Labute approximate surface area is 109 Å². The fourth-order valence-electron chi connectivity index (χ4n) is 2.71. The molecule has 0 saturated carbocycles. The zero-order valence-corrected chi connectivity index (χ0v) is 10.6. The Balaban J connectivity index is 1.96. The molecule has 0 aromatic carbocycles. The molecule has 2 aromatic heterocycles. The molecule has 0 amide bonds. The topological polar surface area (TPSA) is 95.0 Å². The first-order valence-corrected chi connectivity index (χ1v) is 6.27. The largest absolute Gasteiger partial charge is 0.481 e. The number of carboxylic acids is 1. The van der Waals surface area contributed by atoms with Crippen LogP contribution in [0.2, 0.25) is 0 Å². The summed E-state index contributed by atoms with van der Waals surface area (Å²) in [7, 11) is 0. The lowest BCUT2D eigenvalue weighted by molar-refractivity contribution is -0.142. The van der Waals surface area contributed by atoms with Crippen molar-refractivity contribution in [2.75, 3.05) is 18.0 Å². The Morgan fingerprint density at radius 2 is 2.32 bits per heavy atom. The van der Waals surface area contributed by atoms with E-state index in [-0.39, 0.29) is 5.92 Å². The predicted octanol–water partition coefficient (Wildman–Crippen LogP) is 0.900. The van der Waals surface area contributed by atoms with Crippen molar-refractivity contribution in [2.45, 2.75) is 13.3 Å². The number of rotatable bonds is 2. The molecule has 7 nitrogen and oxygen atoms in total. The van der Waals surface area contributed by atoms with Crippen LogP contribution in [0, 0.1) is 11.8 Å². The molecule has 1 aliphatic heterocycles. The van der Waals surface area contributed by atoms with E-state index in [1.54, 1.807) is 6.20 Å². The van der Waals surface area contributed by atoms with Gasteiger partial charge in [0.2, 0.25) is 0 Å². The lowest BCUT2D eigenvalue weighted by Crippen LogP contribution is -2.43. The van der Waals surface area contributed by atoms with E-state index in [4.69, 9.17) is 0 Å². The van der Waals surface area contributed by atoms with Gasteiger partial charge >= 0.3 is 5.97 Å². The molecule has 19 heavy (non-hydrogen) atoms. The monoisotopic (exact) mass is 261 g/mol. The van der Waals surface area contributed by atoms with Crippen LogP contribution in [0.5, 0.6) is 0 Å². The van der Waals surface area contributed by atoms with Crippen LogP contribution < -0.4 is 4.90 Å². The molecule has 3 heterocycles. The summed E-state index contributed by atoms with van der Waals surface area (Å²) in [4.78, 5) is 21.6. The summed E-state index contributed by atoms with van der Waals surface area (Å²) in [5.74, 6) is -0.00183. The number of hydrogen-bond acceptors (Lipinski definition) is 5. The average molecular weight is 261 g/mol. The zero-order valence-electron chi connectivity index (χ0n) is 10.6. The van der Waals surface area contributed by atoms with Gasteiger partial charge in [-0.05, 0) is 12.3 Å². The van der Waals surface area contributed by atoms with Crippen molar-refractivity contribution in [1.82, 2.24) is 20.2 Å². The van der Waals surface area contributed by atoms with Crippen molar-refractivity contribution in [3.8, 4) is 0 Å². The van der Waals surface area contributed by atoms with E-state index in [9.17, 15) is 9.90 Å². The molecule has 7 heteroatoms. The maximum Gasteiger partial charge on any atom is 0.308 e. The molecular weight excluding hydrogens is 246 g/mol. The molecule has 1 aliphatic rings. The molecule has 0 bridgehead atoms. The average Bonchev–Trinajstić information content (AvgIpc) is 2.85. The highest BCUT2D eigenvalue weighted by Gasteiger charge is 2.31. The van der Waals surface area contributed by atoms with E-state index >= 15 is 0 Å². The van der Waals surface area contributed by atoms with Crippen molar-refractivity contribution >= 4 is 22.8 Å². The Morgan fingerprint density at radius 3 is 3.11 bits per heavy atom. The number of anilines is 1. The summed E-state index contributed by atoms with van der Waals surface area (Å²) in [5, 5.41) is 16.8. The number of carboxylic acid groups (broad SMARTS) is 1. The molecule has 2 unspecified atom stereocenters. The minimum Gasteiger partial charge on any atom is -0.481 e. The second-order valence-corrected chi connectivity index (χ2v) is 5.11. The van der Waals surface area contributed by atoms with E-state index in [1.807, 2.05) is 4.90 Å². The van der Waals surface area contributed by atoms with E-state index in [0.29, 0.717) is 24.5 Å². The highest BCUT2D eigenvalue weighted by Crippen LogP contribution is 2.28. The van der Waals surface area contributed by atoms with Gasteiger partial charge in [-0.3, -0.25) is 9.89 Å². The molecule has 100 valence electrons. The molecule has 2 N–H and O–H groups in total. The summed E-state index contributed by atoms with van der Waals surface area (Å²) in [6.45, 7) is 3.36. The van der Waals surface area contributed by atoms with Gasteiger partial charge in [0, 0.05) is 13.1 Å². The van der Waals surface area contributed by atoms with Gasteiger partial charge in [0.25, 0.3) is 0 Å². The number of aromatic amines is 1. The van der Waals surface area contributed by atoms with Gasteiger partial charge in [-0.15, -0.1) is 0 Å². The van der Waals surface area contributed by atoms with Crippen LogP contribution >= 0.6 is 0 Å². The van der Waals surface area contributed by atoms with Crippen LogP contribution in [0.1, 0.15) is 13.3 Å². The van der Waals surface area contributed by atoms with Gasteiger partial charge < -0.3 is 10.0 Å². The van der Waals surface area contributed by atoms with Crippen LogP contribution in [-0.4, -0.2) is 44.3 Å². The molecule has 0 aliphatic carbocycles. The second-order valence-electron chi connectivity index (χ2n) is 5.11. The summed E-state index contributed by atoms with van der Waals surface area (Å²) >= 11 is 0. The first-order chi connectivity index (χ1) is 9.15. The van der Waals surface area contributed by atoms with E-state index in [2.05, 4.69) is 27.1 Å². The molecule has 1 fully saturated rings. The summed E-state index contributed by atoms with van der Waals surface area (Å²) < 4.78 is 0. The van der Waals surface area contributed by atoms with Gasteiger partial charge in [-0.25, -0.2) is 9.97 Å². The van der Waals surface area contributed by atoms with Gasteiger partial charge in [-0.2, -0.15) is 5.10 Å². The SMILES string of the molecule is CC1CC(C(=O)O)CN(c2ncnc3[nH]ncc23)C1. The van der Waals surface area contributed by atoms with Crippen molar-refractivity contribution in [1.29, 1.82) is 0 Å². The first kappa shape index (κ1) is 11.9. The number of carbonyl (C=O) groups is 1. The van der Waals surface area contributed by atoms with Crippen molar-refractivity contribution in [2.24, 2.45) is 11.8 Å². The van der Waals surface area contributed by atoms with Crippen molar-refractivity contribution < 1.29 is 9.90 Å². The first-order valence-electron chi connectivity index (χ1n) is 6.27. The maximum atomic E-state index is 11.2. The van der Waals surface area contributed by atoms with Crippen LogP contribution in [0.15, 0.2) is 12.5 Å².